The molecule has 0 radical (unpaired) electrons. The first-order valence-corrected chi connectivity index (χ1v) is 7.43. The van der Waals surface area contributed by atoms with Crippen LogP contribution in [0.15, 0.2) is 30.6 Å². The van der Waals surface area contributed by atoms with Crippen LogP contribution in [-0.2, 0) is 16.1 Å². The summed E-state index contributed by atoms with van der Waals surface area (Å²) in [6.45, 7) is 7.54. The van der Waals surface area contributed by atoms with Crippen LogP contribution in [-0.4, -0.2) is 34.2 Å². The normalized spacial score (nSPS) is 14.0. The maximum Gasteiger partial charge on any atom is 0.326 e. The molecule has 5 heteroatoms. The Morgan fingerprint density at radius 2 is 2.14 bits per heavy atom. The van der Waals surface area contributed by atoms with Crippen LogP contribution in [0.2, 0.25) is 0 Å². The molecule has 0 bridgehead atoms. The zero-order chi connectivity index (χ0) is 15.3. The number of ether oxygens (including phenoxy) is 1. The number of likely N-dealkylation sites (N-methyl/N-ethyl adjacent to an activating group) is 1. The second kappa shape index (κ2) is 6.72. The van der Waals surface area contributed by atoms with Gasteiger partial charge in [0, 0.05) is 6.54 Å². The van der Waals surface area contributed by atoms with E-state index in [0.717, 1.165) is 17.6 Å². The number of imidazole rings is 1. The van der Waals surface area contributed by atoms with Crippen LogP contribution in [0.3, 0.4) is 0 Å². The van der Waals surface area contributed by atoms with Crippen molar-refractivity contribution in [3.63, 3.8) is 0 Å². The molecule has 1 atom stereocenters. The van der Waals surface area contributed by atoms with Gasteiger partial charge in [0.25, 0.3) is 0 Å². The molecule has 1 aromatic heterocycles. The molecule has 0 amide bonds. The van der Waals surface area contributed by atoms with Gasteiger partial charge in [0.2, 0.25) is 0 Å². The number of para-hydroxylation sites is 2. The molecule has 1 N–H and O–H groups in total. The number of hydrogen-bond donors (Lipinski definition) is 1. The summed E-state index contributed by atoms with van der Waals surface area (Å²) in [5.41, 5.74) is 1.38. The highest BCUT2D eigenvalue weighted by molar-refractivity contribution is 5.80. The highest BCUT2D eigenvalue weighted by Gasteiger charge is 2.33. The Morgan fingerprint density at radius 1 is 1.38 bits per heavy atom. The third-order valence-electron chi connectivity index (χ3n) is 3.67. The van der Waals surface area contributed by atoms with Crippen LogP contribution in [0.25, 0.3) is 11.0 Å². The van der Waals surface area contributed by atoms with E-state index in [0.29, 0.717) is 19.6 Å². The van der Waals surface area contributed by atoms with Crippen molar-refractivity contribution in [3.05, 3.63) is 30.6 Å². The molecular formula is C16H23N3O2. The lowest BCUT2D eigenvalue weighted by Gasteiger charge is -2.28. The fourth-order valence-corrected chi connectivity index (χ4v) is 2.48. The van der Waals surface area contributed by atoms with Gasteiger partial charge in [0.1, 0.15) is 5.54 Å². The molecule has 0 saturated heterocycles. The predicted octanol–water partition coefficient (Wildman–Crippen LogP) is 2.36. The molecule has 1 heterocycles. The first kappa shape index (κ1) is 15.5. The lowest BCUT2D eigenvalue weighted by atomic mass is 9.97. The molecule has 0 fully saturated rings. The summed E-state index contributed by atoms with van der Waals surface area (Å²) < 4.78 is 7.26. The Balaban J connectivity index is 2.13. The van der Waals surface area contributed by atoms with Crippen molar-refractivity contribution in [2.75, 3.05) is 13.2 Å². The number of fused-ring (bicyclic) bond motifs is 1. The first-order chi connectivity index (χ1) is 10.1. The Labute approximate surface area is 125 Å². The molecular weight excluding hydrogens is 266 g/mol. The topological polar surface area (TPSA) is 56.2 Å². The SMILES string of the molecule is CCNC(C)(CCn1cnc2ccccc21)C(=O)OCC. The summed E-state index contributed by atoms with van der Waals surface area (Å²) in [7, 11) is 0. The summed E-state index contributed by atoms with van der Waals surface area (Å²) in [4.78, 5) is 16.5. The monoisotopic (exact) mass is 289 g/mol. The zero-order valence-electron chi connectivity index (χ0n) is 12.9. The number of carbonyl (C=O) groups excluding carboxylic acids is 1. The quantitative estimate of drug-likeness (QED) is 0.795. The van der Waals surface area contributed by atoms with Crippen LogP contribution < -0.4 is 5.32 Å². The van der Waals surface area contributed by atoms with E-state index >= 15 is 0 Å². The summed E-state index contributed by atoms with van der Waals surface area (Å²) in [6.07, 6.45) is 2.47. The number of esters is 1. The van der Waals surface area contributed by atoms with Gasteiger partial charge in [0.05, 0.1) is 24.0 Å². The van der Waals surface area contributed by atoms with Crippen LogP contribution >= 0.6 is 0 Å². The van der Waals surface area contributed by atoms with E-state index in [2.05, 4.69) is 14.9 Å². The number of nitrogens with one attached hydrogen (secondary N) is 1. The molecule has 21 heavy (non-hydrogen) atoms. The Morgan fingerprint density at radius 3 is 2.86 bits per heavy atom. The van der Waals surface area contributed by atoms with E-state index in [1.807, 2.05) is 51.4 Å². The average Bonchev–Trinajstić information content (AvgIpc) is 2.89. The second-order valence-corrected chi connectivity index (χ2v) is 5.26. The maximum absolute atomic E-state index is 12.2. The molecule has 0 spiro atoms. The van der Waals surface area contributed by atoms with E-state index in [1.54, 1.807) is 0 Å². The standard InChI is InChI=1S/C16H23N3O2/c1-4-18-16(3,15(20)21-5-2)10-11-19-12-17-13-8-6-7-9-14(13)19/h6-9,12,18H,4-5,10-11H2,1-3H3. The summed E-state index contributed by atoms with van der Waals surface area (Å²) in [5, 5.41) is 3.25. The number of aromatic nitrogens is 2. The minimum atomic E-state index is -0.671. The van der Waals surface area contributed by atoms with Crippen LogP contribution in [0, 0.1) is 0 Å². The van der Waals surface area contributed by atoms with Gasteiger partial charge >= 0.3 is 5.97 Å². The Kier molecular flexibility index (Phi) is 4.96. The number of benzene rings is 1. The van der Waals surface area contributed by atoms with Crippen LogP contribution in [0.1, 0.15) is 27.2 Å². The highest BCUT2D eigenvalue weighted by Crippen LogP contribution is 2.17. The van der Waals surface area contributed by atoms with E-state index in [4.69, 9.17) is 4.74 Å². The fourth-order valence-electron chi connectivity index (χ4n) is 2.48. The molecule has 0 aliphatic carbocycles. The van der Waals surface area contributed by atoms with Gasteiger partial charge in [-0.3, -0.25) is 4.79 Å². The van der Waals surface area contributed by atoms with Crippen molar-refractivity contribution < 1.29 is 9.53 Å². The van der Waals surface area contributed by atoms with E-state index < -0.39 is 5.54 Å². The van der Waals surface area contributed by atoms with Crippen molar-refractivity contribution in [3.8, 4) is 0 Å². The van der Waals surface area contributed by atoms with Gasteiger partial charge in [-0.25, -0.2) is 4.98 Å². The maximum atomic E-state index is 12.2. The minimum absolute atomic E-state index is 0.198. The molecule has 0 aliphatic rings. The van der Waals surface area contributed by atoms with Gasteiger partial charge in [-0.2, -0.15) is 0 Å². The number of carbonyl (C=O) groups is 1. The molecule has 1 aromatic carbocycles. The van der Waals surface area contributed by atoms with Gasteiger partial charge in [0.15, 0.2) is 0 Å². The van der Waals surface area contributed by atoms with Gasteiger partial charge in [-0.15, -0.1) is 0 Å². The summed E-state index contributed by atoms with van der Waals surface area (Å²) >= 11 is 0. The van der Waals surface area contributed by atoms with Gasteiger partial charge in [-0.1, -0.05) is 19.1 Å². The van der Waals surface area contributed by atoms with E-state index in [9.17, 15) is 4.79 Å². The minimum Gasteiger partial charge on any atom is -0.465 e. The zero-order valence-corrected chi connectivity index (χ0v) is 12.9. The molecule has 1 unspecified atom stereocenters. The number of rotatable bonds is 7. The van der Waals surface area contributed by atoms with Crippen LogP contribution in [0.5, 0.6) is 0 Å². The lowest BCUT2D eigenvalue weighted by molar-refractivity contribution is -0.150. The Bertz CT molecular complexity index is 608. The largest absolute Gasteiger partial charge is 0.465 e. The van der Waals surface area contributed by atoms with E-state index in [-0.39, 0.29) is 5.97 Å². The fraction of sp³-hybridized carbons (Fsp3) is 0.500. The van der Waals surface area contributed by atoms with E-state index in [1.165, 1.54) is 0 Å². The van der Waals surface area contributed by atoms with Crippen molar-refractivity contribution in [1.29, 1.82) is 0 Å². The third kappa shape index (κ3) is 3.42. The average molecular weight is 289 g/mol. The van der Waals surface area contributed by atoms with Crippen molar-refractivity contribution >= 4 is 17.0 Å². The molecule has 0 aliphatic heterocycles. The predicted molar refractivity (Wildman–Crippen MR) is 83.1 cm³/mol. The lowest BCUT2D eigenvalue weighted by Crippen LogP contribution is -2.51. The van der Waals surface area contributed by atoms with Crippen molar-refractivity contribution in [2.45, 2.75) is 39.3 Å². The van der Waals surface area contributed by atoms with Gasteiger partial charge in [-0.05, 0) is 38.9 Å². The molecule has 5 nitrogen and oxygen atoms in total. The first-order valence-electron chi connectivity index (χ1n) is 7.43. The molecule has 2 aromatic rings. The summed E-state index contributed by atoms with van der Waals surface area (Å²) in [5.74, 6) is -0.198. The van der Waals surface area contributed by atoms with Crippen molar-refractivity contribution in [2.24, 2.45) is 0 Å². The molecule has 2 rings (SSSR count). The smallest absolute Gasteiger partial charge is 0.326 e. The second-order valence-electron chi connectivity index (χ2n) is 5.26. The number of aryl methyl sites for hydroxylation is 1. The highest BCUT2D eigenvalue weighted by atomic mass is 16.5. The molecule has 0 saturated carbocycles. The number of hydrogen-bond acceptors (Lipinski definition) is 4. The number of nitrogens with zero attached hydrogens (tertiary/aromatic N) is 2. The molecule has 114 valence electrons. The summed E-state index contributed by atoms with van der Waals surface area (Å²) in [6, 6.07) is 7.99. The third-order valence-corrected chi connectivity index (χ3v) is 3.67. The Hall–Kier alpha value is -1.88. The van der Waals surface area contributed by atoms with Crippen molar-refractivity contribution in [1.82, 2.24) is 14.9 Å². The van der Waals surface area contributed by atoms with Crippen LogP contribution in [0.4, 0.5) is 0 Å². The van der Waals surface area contributed by atoms with Gasteiger partial charge < -0.3 is 14.6 Å².